The van der Waals surface area contributed by atoms with Gasteiger partial charge in [-0.25, -0.2) is 4.18 Å². The topological polar surface area (TPSA) is 52.6 Å². The van der Waals surface area contributed by atoms with Crippen molar-refractivity contribution in [3.05, 3.63) is 0 Å². The van der Waals surface area contributed by atoms with Crippen molar-refractivity contribution < 1.29 is 43.7 Å². The van der Waals surface area contributed by atoms with Crippen molar-refractivity contribution in [2.75, 3.05) is 6.61 Å². The molecule has 0 amide bonds. The van der Waals surface area contributed by atoms with Crippen molar-refractivity contribution >= 4 is 10.1 Å². The highest BCUT2D eigenvalue weighted by molar-refractivity contribution is 7.87. The molecule has 1 fully saturated rings. The molecule has 11 heteroatoms. The van der Waals surface area contributed by atoms with Gasteiger partial charge in [0, 0.05) is 6.61 Å². The van der Waals surface area contributed by atoms with E-state index in [1.807, 2.05) is 0 Å². The molecule has 0 aliphatic carbocycles. The van der Waals surface area contributed by atoms with Gasteiger partial charge in [-0.05, 0) is 12.8 Å². The van der Waals surface area contributed by atoms with Crippen LogP contribution < -0.4 is 0 Å². The maximum absolute atomic E-state index is 12.5. The van der Waals surface area contributed by atoms with Gasteiger partial charge in [-0.1, -0.05) is 0 Å². The first-order valence-corrected chi connectivity index (χ1v) is 6.04. The lowest BCUT2D eigenvalue weighted by molar-refractivity contribution is -0.223. The molecule has 0 radical (unpaired) electrons. The van der Waals surface area contributed by atoms with Crippen LogP contribution in [0.2, 0.25) is 0 Å². The number of hydrogen-bond donors (Lipinski definition) is 0. The van der Waals surface area contributed by atoms with E-state index in [0.717, 1.165) is 0 Å². The van der Waals surface area contributed by atoms with Gasteiger partial charge in [0.1, 0.15) is 0 Å². The number of rotatable bonds is 3. The molecular weight excluding hydrogens is 294 g/mol. The summed E-state index contributed by atoms with van der Waals surface area (Å²) in [7, 11) is -6.32. The summed E-state index contributed by atoms with van der Waals surface area (Å²) < 4.78 is 102. The van der Waals surface area contributed by atoms with E-state index >= 15 is 0 Å². The molecule has 2 atom stereocenters. The Labute approximate surface area is 98.0 Å². The summed E-state index contributed by atoms with van der Waals surface area (Å²) in [6.45, 7) is -0.0906. The second-order valence-electron chi connectivity index (χ2n) is 3.51. The van der Waals surface area contributed by atoms with E-state index in [-0.39, 0.29) is 19.4 Å². The van der Waals surface area contributed by atoms with Gasteiger partial charge in [0.15, 0.2) is 6.10 Å². The fraction of sp³-hybridized carbons (Fsp3) is 1.00. The molecule has 0 aromatic carbocycles. The third kappa shape index (κ3) is 3.48. The Bertz CT molecular complexity index is 380. The molecule has 1 rings (SSSR count). The number of hydrogen-bond acceptors (Lipinski definition) is 4. The molecule has 0 aromatic heterocycles. The lowest BCUT2D eigenvalue weighted by Gasteiger charge is -2.25. The third-order valence-corrected chi connectivity index (χ3v) is 3.17. The molecule has 4 nitrogen and oxygen atoms in total. The number of ether oxygens (including phenoxy) is 1. The van der Waals surface area contributed by atoms with Gasteiger partial charge in [-0.3, -0.25) is 0 Å². The Morgan fingerprint density at radius 2 is 1.72 bits per heavy atom. The molecule has 1 aliphatic rings. The van der Waals surface area contributed by atoms with E-state index in [1.165, 1.54) is 0 Å². The van der Waals surface area contributed by atoms with Crippen molar-refractivity contribution in [1.29, 1.82) is 0 Å². The van der Waals surface area contributed by atoms with Crippen LogP contribution in [0.15, 0.2) is 0 Å². The molecule has 1 aliphatic heterocycles. The Hall–Kier alpha value is -0.550. The summed E-state index contributed by atoms with van der Waals surface area (Å²) in [6, 6.07) is 0. The Morgan fingerprint density at radius 1 is 1.17 bits per heavy atom. The largest absolute Gasteiger partial charge is 0.523 e. The SMILES string of the molecule is O=S(=O)(OC(C1CCCO1)C(F)(F)F)C(F)(F)F. The van der Waals surface area contributed by atoms with Gasteiger partial charge in [0.05, 0.1) is 6.10 Å². The molecular formula is C7H8F6O4S. The maximum Gasteiger partial charge on any atom is 0.523 e. The van der Waals surface area contributed by atoms with Gasteiger partial charge < -0.3 is 4.74 Å². The van der Waals surface area contributed by atoms with Crippen molar-refractivity contribution in [1.82, 2.24) is 0 Å². The highest BCUT2D eigenvalue weighted by Gasteiger charge is 2.56. The van der Waals surface area contributed by atoms with Crippen LogP contribution in [0, 0.1) is 0 Å². The normalized spacial score (nSPS) is 24.2. The van der Waals surface area contributed by atoms with Crippen LogP contribution in [-0.4, -0.2) is 38.9 Å². The van der Waals surface area contributed by atoms with E-state index in [9.17, 15) is 34.8 Å². The fourth-order valence-corrected chi connectivity index (χ4v) is 1.97. The van der Waals surface area contributed by atoms with Crippen LogP contribution in [0.3, 0.4) is 0 Å². The van der Waals surface area contributed by atoms with Crippen molar-refractivity contribution in [2.24, 2.45) is 0 Å². The van der Waals surface area contributed by atoms with Crippen LogP contribution in [0.1, 0.15) is 12.8 Å². The molecule has 0 bridgehead atoms. The van der Waals surface area contributed by atoms with Gasteiger partial charge in [-0.2, -0.15) is 34.8 Å². The summed E-state index contributed by atoms with van der Waals surface area (Å²) in [5, 5.41) is 0. The first-order valence-electron chi connectivity index (χ1n) is 4.63. The van der Waals surface area contributed by atoms with Crippen LogP contribution >= 0.6 is 0 Å². The minimum Gasteiger partial charge on any atom is -0.375 e. The molecule has 2 unspecified atom stereocenters. The molecule has 0 spiro atoms. The second-order valence-corrected chi connectivity index (χ2v) is 5.07. The van der Waals surface area contributed by atoms with Gasteiger partial charge >= 0.3 is 21.8 Å². The minimum absolute atomic E-state index is 0.0906. The average molecular weight is 302 g/mol. The summed E-state index contributed by atoms with van der Waals surface area (Å²) in [5.41, 5.74) is -5.91. The summed E-state index contributed by atoms with van der Waals surface area (Å²) in [6.07, 6.45) is -10.2. The molecule has 0 N–H and O–H groups in total. The lowest BCUT2D eigenvalue weighted by Crippen LogP contribution is -2.45. The van der Waals surface area contributed by atoms with Gasteiger partial charge in [0.25, 0.3) is 0 Å². The Morgan fingerprint density at radius 3 is 2.06 bits per heavy atom. The number of alkyl halides is 6. The first kappa shape index (κ1) is 15.5. The summed E-state index contributed by atoms with van der Waals surface area (Å²) in [5.74, 6) is 0. The molecule has 1 saturated heterocycles. The smallest absolute Gasteiger partial charge is 0.375 e. The quantitative estimate of drug-likeness (QED) is 0.454. The Balaban J connectivity index is 2.93. The van der Waals surface area contributed by atoms with Gasteiger partial charge in [-0.15, -0.1) is 0 Å². The standard InChI is InChI=1S/C7H8F6O4S/c8-6(9,10)5(4-2-1-3-16-4)17-18(14,15)7(11,12)13/h4-5H,1-3H2. The molecule has 0 aromatic rings. The lowest BCUT2D eigenvalue weighted by atomic mass is 10.1. The van der Waals surface area contributed by atoms with Crippen molar-refractivity contribution in [2.45, 2.75) is 36.7 Å². The third-order valence-electron chi connectivity index (χ3n) is 2.14. The molecule has 0 saturated carbocycles. The fourth-order valence-electron chi connectivity index (χ4n) is 1.36. The van der Waals surface area contributed by atoms with Crippen molar-refractivity contribution in [3.8, 4) is 0 Å². The average Bonchev–Trinajstić information content (AvgIpc) is 2.62. The monoisotopic (exact) mass is 302 g/mol. The van der Waals surface area contributed by atoms with Crippen molar-refractivity contribution in [3.63, 3.8) is 0 Å². The summed E-state index contributed by atoms with van der Waals surface area (Å²) in [4.78, 5) is 0. The molecule has 1 heterocycles. The molecule has 108 valence electrons. The van der Waals surface area contributed by atoms with Crippen LogP contribution in [0.4, 0.5) is 26.3 Å². The Kier molecular flexibility index (Phi) is 4.18. The summed E-state index contributed by atoms with van der Waals surface area (Å²) >= 11 is 0. The zero-order valence-corrected chi connectivity index (χ0v) is 9.40. The van der Waals surface area contributed by atoms with E-state index in [2.05, 4.69) is 8.92 Å². The highest BCUT2D eigenvalue weighted by atomic mass is 32.2. The second kappa shape index (κ2) is 4.85. The number of halogens is 6. The van der Waals surface area contributed by atoms with E-state index < -0.39 is 34.0 Å². The zero-order valence-electron chi connectivity index (χ0n) is 8.59. The zero-order chi connectivity index (χ0) is 14.2. The van der Waals surface area contributed by atoms with Crippen LogP contribution in [0.25, 0.3) is 0 Å². The first-order chi connectivity index (χ1) is 7.95. The predicted molar refractivity (Wildman–Crippen MR) is 44.9 cm³/mol. The van der Waals surface area contributed by atoms with E-state index in [0.29, 0.717) is 0 Å². The van der Waals surface area contributed by atoms with E-state index in [4.69, 9.17) is 0 Å². The van der Waals surface area contributed by atoms with Crippen LogP contribution in [-0.2, 0) is 19.0 Å². The maximum atomic E-state index is 12.5. The van der Waals surface area contributed by atoms with E-state index in [1.54, 1.807) is 0 Å². The van der Waals surface area contributed by atoms with Gasteiger partial charge in [0.2, 0.25) is 0 Å². The van der Waals surface area contributed by atoms with Crippen LogP contribution in [0.5, 0.6) is 0 Å². The minimum atomic E-state index is -6.32. The molecule has 18 heavy (non-hydrogen) atoms. The predicted octanol–water partition coefficient (Wildman–Crippen LogP) is 1.96. The highest BCUT2D eigenvalue weighted by Crippen LogP contribution is 2.35.